The van der Waals surface area contributed by atoms with Crippen molar-refractivity contribution >= 4 is 6.09 Å². The number of halogens is 1. The van der Waals surface area contributed by atoms with Crippen LogP contribution in [0.1, 0.15) is 38.5 Å². The fraction of sp³-hybridized carbons (Fsp3) is 0.696. The molecule has 0 radical (unpaired) electrons. The van der Waals surface area contributed by atoms with E-state index in [0.29, 0.717) is 51.0 Å². The molecule has 3 fully saturated rings. The van der Waals surface area contributed by atoms with Crippen molar-refractivity contribution in [2.45, 2.75) is 50.2 Å². The third-order valence-corrected chi connectivity index (χ3v) is 6.35. The van der Waals surface area contributed by atoms with Gasteiger partial charge in [0.1, 0.15) is 5.67 Å². The minimum atomic E-state index is -1.18. The highest BCUT2D eigenvalue weighted by atomic mass is 19.1. The second kappa shape index (κ2) is 10.4. The summed E-state index contributed by atoms with van der Waals surface area (Å²) in [5.74, 6) is 0.401. The molecule has 2 aliphatic heterocycles. The minimum Gasteiger partial charge on any atom is -0.449 e. The van der Waals surface area contributed by atoms with Crippen LogP contribution in [-0.4, -0.2) is 73.5 Å². The molecule has 0 bridgehead atoms. The quantitative estimate of drug-likeness (QED) is 0.594. The van der Waals surface area contributed by atoms with Gasteiger partial charge in [0.05, 0.1) is 6.61 Å². The van der Waals surface area contributed by atoms with Gasteiger partial charge in [0.25, 0.3) is 0 Å². The third kappa shape index (κ3) is 6.96. The predicted molar refractivity (Wildman–Crippen MR) is 115 cm³/mol. The molecule has 1 saturated carbocycles. The van der Waals surface area contributed by atoms with Crippen LogP contribution in [0.2, 0.25) is 0 Å². The van der Waals surface area contributed by atoms with Crippen LogP contribution in [0.3, 0.4) is 0 Å². The maximum atomic E-state index is 14.8. The Morgan fingerprint density at radius 1 is 1.14 bits per heavy atom. The lowest BCUT2D eigenvalue weighted by Gasteiger charge is -2.36. The van der Waals surface area contributed by atoms with Gasteiger partial charge in [-0.3, -0.25) is 4.90 Å². The molecular weight excluding hydrogens is 369 g/mol. The standard InChI is InChI=1S/C23H36FN3O2/c1-3-5-19(4-2)16-26-12-8-20(9-13-26)17-29-22(28)27-14-10-23(24,11-15-27)18-25-21-6-7-21/h3-5,20-21,25H,1-2,6-18H2/b19-5+. The Kier molecular flexibility index (Phi) is 7.90. The normalized spacial score (nSPS) is 23.6. The zero-order valence-electron chi connectivity index (χ0n) is 17.6. The summed E-state index contributed by atoms with van der Waals surface area (Å²) in [4.78, 5) is 16.4. The summed E-state index contributed by atoms with van der Waals surface area (Å²) in [6, 6.07) is 0.512. The molecular formula is C23H36FN3O2. The van der Waals surface area contributed by atoms with Gasteiger partial charge in [-0.2, -0.15) is 0 Å². The Morgan fingerprint density at radius 3 is 2.41 bits per heavy atom. The highest BCUT2D eigenvalue weighted by Crippen LogP contribution is 2.28. The molecule has 162 valence electrons. The minimum absolute atomic E-state index is 0.285. The molecule has 29 heavy (non-hydrogen) atoms. The zero-order valence-corrected chi connectivity index (χ0v) is 17.6. The number of rotatable bonds is 9. The number of ether oxygens (including phenoxy) is 1. The summed E-state index contributed by atoms with van der Waals surface area (Å²) in [6.45, 7) is 12.2. The lowest BCUT2D eigenvalue weighted by Crippen LogP contribution is -2.49. The van der Waals surface area contributed by atoms with Crippen molar-refractivity contribution in [3.63, 3.8) is 0 Å². The summed E-state index contributed by atoms with van der Waals surface area (Å²) in [7, 11) is 0. The van der Waals surface area contributed by atoms with Crippen LogP contribution in [-0.2, 0) is 4.74 Å². The number of allylic oxidation sites excluding steroid dienone is 2. The van der Waals surface area contributed by atoms with Crippen molar-refractivity contribution < 1.29 is 13.9 Å². The smallest absolute Gasteiger partial charge is 0.409 e. The monoisotopic (exact) mass is 405 g/mol. The number of nitrogens with zero attached hydrogens (tertiary/aromatic N) is 2. The van der Waals surface area contributed by atoms with Crippen LogP contribution >= 0.6 is 0 Å². The van der Waals surface area contributed by atoms with E-state index in [1.807, 2.05) is 12.2 Å². The number of amides is 1. The topological polar surface area (TPSA) is 44.8 Å². The van der Waals surface area contributed by atoms with Gasteiger partial charge < -0.3 is 15.0 Å². The lowest BCUT2D eigenvalue weighted by atomic mass is 9.93. The molecule has 0 spiro atoms. The van der Waals surface area contributed by atoms with E-state index in [9.17, 15) is 9.18 Å². The first kappa shape index (κ1) is 22.0. The average Bonchev–Trinajstić information content (AvgIpc) is 3.56. The number of likely N-dealkylation sites (tertiary alicyclic amines) is 2. The van der Waals surface area contributed by atoms with Gasteiger partial charge >= 0.3 is 6.09 Å². The highest BCUT2D eigenvalue weighted by Gasteiger charge is 2.37. The van der Waals surface area contributed by atoms with E-state index < -0.39 is 5.67 Å². The molecule has 2 saturated heterocycles. The summed E-state index contributed by atoms with van der Waals surface area (Å²) in [5.41, 5.74) is -0.0115. The molecule has 6 heteroatoms. The Balaban J connectivity index is 1.31. The van der Waals surface area contributed by atoms with E-state index in [4.69, 9.17) is 4.74 Å². The summed E-state index contributed by atoms with van der Waals surface area (Å²) in [6.07, 6.45) is 10.5. The van der Waals surface area contributed by atoms with Crippen molar-refractivity contribution in [3.05, 3.63) is 37.0 Å². The number of nitrogens with one attached hydrogen (secondary N) is 1. The first-order valence-electron chi connectivity index (χ1n) is 11.0. The molecule has 1 aliphatic carbocycles. The largest absolute Gasteiger partial charge is 0.449 e. The predicted octanol–water partition coefficient (Wildman–Crippen LogP) is 3.69. The van der Waals surface area contributed by atoms with Crippen LogP contribution in [0.4, 0.5) is 9.18 Å². The molecule has 5 nitrogen and oxygen atoms in total. The Labute approximate surface area is 174 Å². The SMILES string of the molecule is C=C/C=C(\C=C)CN1CCC(COC(=O)N2CCC(F)(CNC3CC3)CC2)CC1. The first-order chi connectivity index (χ1) is 14.0. The maximum Gasteiger partial charge on any atom is 0.409 e. The molecule has 3 aliphatic rings. The zero-order chi connectivity index (χ0) is 20.7. The van der Waals surface area contributed by atoms with Gasteiger partial charge in [-0.15, -0.1) is 0 Å². The number of hydrogen-bond donors (Lipinski definition) is 1. The molecule has 0 atom stereocenters. The van der Waals surface area contributed by atoms with E-state index in [-0.39, 0.29) is 6.09 Å². The van der Waals surface area contributed by atoms with Crippen molar-refractivity contribution in [3.8, 4) is 0 Å². The van der Waals surface area contributed by atoms with Gasteiger partial charge in [-0.25, -0.2) is 9.18 Å². The molecule has 2 heterocycles. The first-order valence-corrected chi connectivity index (χ1v) is 11.0. The van der Waals surface area contributed by atoms with Crippen LogP contribution in [0.5, 0.6) is 0 Å². The van der Waals surface area contributed by atoms with Crippen molar-refractivity contribution in [1.82, 2.24) is 15.1 Å². The van der Waals surface area contributed by atoms with Crippen LogP contribution < -0.4 is 5.32 Å². The summed E-state index contributed by atoms with van der Waals surface area (Å²) < 4.78 is 20.4. The number of carbonyl (C=O) groups excluding carboxylic acids is 1. The van der Waals surface area contributed by atoms with Gasteiger partial charge in [-0.1, -0.05) is 31.4 Å². The Hall–Kier alpha value is -1.66. The molecule has 3 rings (SSSR count). The Bertz CT molecular complexity index is 601. The lowest BCUT2D eigenvalue weighted by molar-refractivity contribution is 0.0331. The molecule has 0 aromatic carbocycles. The van der Waals surface area contributed by atoms with E-state index in [1.165, 1.54) is 5.57 Å². The van der Waals surface area contributed by atoms with Gasteiger partial charge in [0, 0.05) is 45.1 Å². The number of piperidine rings is 2. The fourth-order valence-electron chi connectivity index (χ4n) is 4.07. The van der Waals surface area contributed by atoms with Crippen molar-refractivity contribution in [2.24, 2.45) is 5.92 Å². The van der Waals surface area contributed by atoms with Gasteiger partial charge in [0.15, 0.2) is 0 Å². The van der Waals surface area contributed by atoms with Crippen molar-refractivity contribution in [2.75, 3.05) is 45.9 Å². The van der Waals surface area contributed by atoms with Crippen LogP contribution in [0, 0.1) is 5.92 Å². The van der Waals surface area contributed by atoms with E-state index in [2.05, 4.69) is 23.4 Å². The van der Waals surface area contributed by atoms with Crippen LogP contribution in [0.25, 0.3) is 0 Å². The number of hydrogen-bond acceptors (Lipinski definition) is 4. The summed E-state index contributed by atoms with van der Waals surface area (Å²) in [5, 5.41) is 3.28. The van der Waals surface area contributed by atoms with Crippen LogP contribution in [0.15, 0.2) is 37.0 Å². The second-order valence-corrected chi connectivity index (χ2v) is 8.77. The number of carbonyl (C=O) groups is 1. The van der Waals surface area contributed by atoms with Crippen molar-refractivity contribution in [1.29, 1.82) is 0 Å². The molecule has 0 unspecified atom stereocenters. The number of alkyl halides is 1. The van der Waals surface area contributed by atoms with Gasteiger partial charge in [-0.05, 0) is 50.3 Å². The van der Waals surface area contributed by atoms with Gasteiger partial charge in [0.2, 0.25) is 0 Å². The molecule has 0 aromatic rings. The van der Waals surface area contributed by atoms with E-state index in [0.717, 1.165) is 45.3 Å². The second-order valence-electron chi connectivity index (χ2n) is 8.77. The molecule has 1 amide bonds. The third-order valence-electron chi connectivity index (χ3n) is 6.35. The Morgan fingerprint density at radius 2 is 1.83 bits per heavy atom. The molecule has 0 aromatic heterocycles. The molecule has 1 N–H and O–H groups in total. The van der Waals surface area contributed by atoms with E-state index >= 15 is 0 Å². The van der Waals surface area contributed by atoms with E-state index in [1.54, 1.807) is 11.0 Å². The average molecular weight is 406 g/mol. The highest BCUT2D eigenvalue weighted by molar-refractivity contribution is 5.67. The maximum absolute atomic E-state index is 14.8. The summed E-state index contributed by atoms with van der Waals surface area (Å²) >= 11 is 0. The fourth-order valence-corrected chi connectivity index (χ4v) is 4.07.